The van der Waals surface area contributed by atoms with Crippen molar-refractivity contribution in [1.29, 1.82) is 0 Å². The van der Waals surface area contributed by atoms with Gasteiger partial charge in [-0.25, -0.2) is 8.42 Å². The quantitative estimate of drug-likeness (QED) is 0.753. The lowest BCUT2D eigenvalue weighted by Gasteiger charge is -2.16. The molecule has 2 unspecified atom stereocenters. The number of rotatable bonds is 8. The smallest absolute Gasteiger partial charge is 0.175 e. The van der Waals surface area contributed by atoms with Crippen LogP contribution in [0.1, 0.15) is 25.5 Å². The van der Waals surface area contributed by atoms with Gasteiger partial charge in [-0.05, 0) is 31.5 Å². The highest BCUT2D eigenvalue weighted by molar-refractivity contribution is 7.90. The van der Waals surface area contributed by atoms with Crippen molar-refractivity contribution in [3.8, 4) is 0 Å². The van der Waals surface area contributed by atoms with Gasteiger partial charge in [0.1, 0.15) is 0 Å². The van der Waals surface area contributed by atoms with Crippen LogP contribution in [0.4, 0.5) is 0 Å². The molecule has 0 bridgehead atoms. The zero-order valence-corrected chi connectivity index (χ0v) is 13.0. The van der Waals surface area contributed by atoms with Gasteiger partial charge in [-0.3, -0.25) is 0 Å². The average molecular weight is 301 g/mol. The standard InChI is InChI=1S/C14H23NO4S/c1-4-19-11(2)9-15-10-14(16)12-5-7-13(8-6-12)20(3,17)18/h5-8,11,14-16H,4,9-10H2,1-3H3. The van der Waals surface area contributed by atoms with Crippen molar-refractivity contribution in [1.82, 2.24) is 5.32 Å². The molecule has 20 heavy (non-hydrogen) atoms. The third kappa shape index (κ3) is 5.58. The topological polar surface area (TPSA) is 75.6 Å². The summed E-state index contributed by atoms with van der Waals surface area (Å²) in [5.74, 6) is 0. The molecule has 5 nitrogen and oxygen atoms in total. The summed E-state index contributed by atoms with van der Waals surface area (Å²) in [7, 11) is -3.19. The lowest BCUT2D eigenvalue weighted by Crippen LogP contribution is -2.30. The van der Waals surface area contributed by atoms with Crippen molar-refractivity contribution in [2.24, 2.45) is 0 Å². The summed E-state index contributed by atoms with van der Waals surface area (Å²) in [5, 5.41) is 13.1. The molecule has 1 rings (SSSR count). The first kappa shape index (κ1) is 17.1. The summed E-state index contributed by atoms with van der Waals surface area (Å²) in [4.78, 5) is 0.256. The number of aliphatic hydroxyl groups excluding tert-OH is 1. The molecule has 2 N–H and O–H groups in total. The van der Waals surface area contributed by atoms with Crippen LogP contribution in [0.25, 0.3) is 0 Å². The van der Waals surface area contributed by atoms with Crippen LogP contribution in [0.2, 0.25) is 0 Å². The van der Waals surface area contributed by atoms with Crippen molar-refractivity contribution in [3.05, 3.63) is 29.8 Å². The first-order chi connectivity index (χ1) is 9.34. The highest BCUT2D eigenvalue weighted by Crippen LogP contribution is 2.15. The Morgan fingerprint density at radius 1 is 1.25 bits per heavy atom. The van der Waals surface area contributed by atoms with Crippen LogP contribution < -0.4 is 5.32 Å². The second-order valence-corrected chi connectivity index (χ2v) is 6.80. The average Bonchev–Trinajstić information content (AvgIpc) is 2.38. The zero-order valence-electron chi connectivity index (χ0n) is 12.2. The fourth-order valence-electron chi connectivity index (χ4n) is 1.82. The summed E-state index contributed by atoms with van der Waals surface area (Å²) in [6.45, 7) is 5.62. The van der Waals surface area contributed by atoms with E-state index in [-0.39, 0.29) is 11.0 Å². The Hall–Kier alpha value is -0.950. The van der Waals surface area contributed by atoms with E-state index >= 15 is 0 Å². The van der Waals surface area contributed by atoms with Gasteiger partial charge in [0.2, 0.25) is 0 Å². The largest absolute Gasteiger partial charge is 0.387 e. The third-order valence-corrected chi connectivity index (χ3v) is 4.04. The molecule has 0 amide bonds. The van der Waals surface area contributed by atoms with Gasteiger partial charge in [-0.2, -0.15) is 0 Å². The zero-order chi connectivity index (χ0) is 15.2. The fraction of sp³-hybridized carbons (Fsp3) is 0.571. The van der Waals surface area contributed by atoms with Gasteiger partial charge in [-0.1, -0.05) is 12.1 Å². The van der Waals surface area contributed by atoms with E-state index in [4.69, 9.17) is 4.74 Å². The van der Waals surface area contributed by atoms with Crippen LogP contribution in [0.15, 0.2) is 29.2 Å². The van der Waals surface area contributed by atoms with Crippen LogP contribution in [-0.2, 0) is 14.6 Å². The first-order valence-corrected chi connectivity index (χ1v) is 8.54. The van der Waals surface area contributed by atoms with Crippen LogP contribution in [0, 0.1) is 0 Å². The minimum absolute atomic E-state index is 0.0970. The van der Waals surface area contributed by atoms with E-state index in [9.17, 15) is 13.5 Å². The molecule has 0 saturated carbocycles. The van der Waals surface area contributed by atoms with E-state index < -0.39 is 15.9 Å². The Morgan fingerprint density at radius 3 is 2.35 bits per heavy atom. The molecule has 1 aromatic rings. The van der Waals surface area contributed by atoms with Crippen molar-refractivity contribution in [2.45, 2.75) is 31.0 Å². The van der Waals surface area contributed by atoms with Gasteiger partial charge in [0, 0.05) is 26.0 Å². The molecule has 0 saturated heterocycles. The van der Waals surface area contributed by atoms with E-state index in [2.05, 4.69) is 5.32 Å². The minimum atomic E-state index is -3.19. The molecular formula is C14H23NO4S. The summed E-state index contributed by atoms with van der Waals surface area (Å²) < 4.78 is 28.0. The molecule has 2 atom stereocenters. The van der Waals surface area contributed by atoms with Gasteiger partial charge in [0.15, 0.2) is 9.84 Å². The minimum Gasteiger partial charge on any atom is -0.387 e. The second kappa shape index (κ2) is 7.73. The van der Waals surface area contributed by atoms with Crippen molar-refractivity contribution in [3.63, 3.8) is 0 Å². The molecule has 0 aromatic heterocycles. The number of benzene rings is 1. The molecule has 6 heteroatoms. The van der Waals surface area contributed by atoms with Gasteiger partial charge in [-0.15, -0.1) is 0 Å². The van der Waals surface area contributed by atoms with E-state index in [1.807, 2.05) is 13.8 Å². The van der Waals surface area contributed by atoms with Crippen molar-refractivity contribution in [2.75, 3.05) is 26.0 Å². The Balaban J connectivity index is 2.50. The predicted octanol–water partition coefficient (Wildman–Crippen LogP) is 1.14. The Kier molecular flexibility index (Phi) is 6.61. The van der Waals surface area contributed by atoms with E-state index in [0.29, 0.717) is 25.3 Å². The molecule has 0 fully saturated rings. The highest BCUT2D eigenvalue weighted by Gasteiger charge is 2.11. The monoisotopic (exact) mass is 301 g/mol. The van der Waals surface area contributed by atoms with Crippen molar-refractivity contribution >= 4 is 9.84 Å². The Morgan fingerprint density at radius 2 is 1.85 bits per heavy atom. The lowest BCUT2D eigenvalue weighted by atomic mass is 10.1. The summed E-state index contributed by atoms with van der Waals surface area (Å²) in [5.41, 5.74) is 0.689. The molecule has 0 aliphatic heterocycles. The summed E-state index contributed by atoms with van der Waals surface area (Å²) in [6.07, 6.45) is 0.590. The molecule has 0 aliphatic carbocycles. The maximum Gasteiger partial charge on any atom is 0.175 e. The maximum atomic E-state index is 11.3. The van der Waals surface area contributed by atoms with Gasteiger partial charge >= 0.3 is 0 Å². The van der Waals surface area contributed by atoms with Crippen LogP contribution in [0.5, 0.6) is 0 Å². The fourth-order valence-corrected chi connectivity index (χ4v) is 2.45. The molecular weight excluding hydrogens is 278 g/mol. The molecule has 1 aromatic carbocycles. The van der Waals surface area contributed by atoms with E-state index in [0.717, 1.165) is 6.26 Å². The molecule has 0 heterocycles. The molecule has 0 spiro atoms. The van der Waals surface area contributed by atoms with Gasteiger partial charge in [0.05, 0.1) is 17.1 Å². The number of hydrogen-bond donors (Lipinski definition) is 2. The number of ether oxygens (including phenoxy) is 1. The van der Waals surface area contributed by atoms with Crippen LogP contribution >= 0.6 is 0 Å². The Labute approximate surface area is 120 Å². The van der Waals surface area contributed by atoms with Crippen LogP contribution in [0.3, 0.4) is 0 Å². The van der Waals surface area contributed by atoms with E-state index in [1.54, 1.807) is 12.1 Å². The van der Waals surface area contributed by atoms with Gasteiger partial charge in [0.25, 0.3) is 0 Å². The maximum absolute atomic E-state index is 11.3. The number of sulfone groups is 1. The lowest BCUT2D eigenvalue weighted by molar-refractivity contribution is 0.0723. The van der Waals surface area contributed by atoms with E-state index in [1.165, 1.54) is 12.1 Å². The van der Waals surface area contributed by atoms with Gasteiger partial charge < -0.3 is 15.2 Å². The summed E-state index contributed by atoms with van der Waals surface area (Å²) in [6, 6.07) is 6.29. The van der Waals surface area contributed by atoms with Crippen molar-refractivity contribution < 1.29 is 18.3 Å². The highest BCUT2D eigenvalue weighted by atomic mass is 32.2. The van der Waals surface area contributed by atoms with Crippen LogP contribution in [-0.4, -0.2) is 45.6 Å². The second-order valence-electron chi connectivity index (χ2n) is 4.78. The third-order valence-electron chi connectivity index (χ3n) is 2.91. The molecule has 114 valence electrons. The molecule has 0 aliphatic rings. The normalized spacial score (nSPS) is 15.0. The molecule has 0 radical (unpaired) electrons. The Bertz CT molecular complexity index is 498. The first-order valence-electron chi connectivity index (χ1n) is 6.65. The number of aliphatic hydroxyl groups is 1. The number of nitrogens with one attached hydrogen (secondary N) is 1. The number of hydrogen-bond acceptors (Lipinski definition) is 5. The SMILES string of the molecule is CCOC(C)CNCC(O)c1ccc(S(C)(=O)=O)cc1. The predicted molar refractivity (Wildman–Crippen MR) is 78.5 cm³/mol. The summed E-state index contributed by atoms with van der Waals surface area (Å²) >= 11 is 0.